The van der Waals surface area contributed by atoms with Crippen molar-refractivity contribution < 1.29 is 24.2 Å². The van der Waals surface area contributed by atoms with Crippen LogP contribution in [-0.4, -0.2) is 35.7 Å². The smallest absolute Gasteiger partial charge is 0.305 e. The predicted molar refractivity (Wildman–Crippen MR) is 80.1 cm³/mol. The molecular formula is C16H21NO5. The molecule has 6 nitrogen and oxygen atoms in total. The van der Waals surface area contributed by atoms with E-state index in [0.717, 1.165) is 6.42 Å². The number of carboxylic acids is 1. The van der Waals surface area contributed by atoms with Gasteiger partial charge in [0.2, 0.25) is 0 Å². The zero-order valence-corrected chi connectivity index (χ0v) is 12.8. The van der Waals surface area contributed by atoms with Gasteiger partial charge in [-0.25, -0.2) is 0 Å². The molecule has 0 heterocycles. The highest BCUT2D eigenvalue weighted by Crippen LogP contribution is 2.35. The lowest BCUT2D eigenvalue weighted by Crippen LogP contribution is -2.57. The van der Waals surface area contributed by atoms with Gasteiger partial charge in [0, 0.05) is 0 Å². The van der Waals surface area contributed by atoms with Crippen molar-refractivity contribution in [2.45, 2.75) is 44.2 Å². The highest BCUT2D eigenvalue weighted by Gasteiger charge is 2.41. The van der Waals surface area contributed by atoms with Crippen LogP contribution in [0.25, 0.3) is 0 Å². The molecule has 120 valence electrons. The third-order valence-corrected chi connectivity index (χ3v) is 3.93. The Morgan fingerprint density at radius 2 is 1.86 bits per heavy atom. The van der Waals surface area contributed by atoms with Crippen LogP contribution in [0.2, 0.25) is 0 Å². The minimum absolute atomic E-state index is 0.0476. The molecule has 0 aliphatic heterocycles. The Morgan fingerprint density at radius 1 is 1.27 bits per heavy atom. The second kappa shape index (κ2) is 6.68. The number of carbonyl (C=O) groups is 2. The minimum atomic E-state index is -0.899. The van der Waals surface area contributed by atoms with Gasteiger partial charge in [0.25, 0.3) is 5.91 Å². The molecule has 1 aliphatic carbocycles. The fourth-order valence-corrected chi connectivity index (χ4v) is 2.51. The largest absolute Gasteiger partial charge is 0.497 e. The molecule has 1 amide bonds. The molecule has 22 heavy (non-hydrogen) atoms. The average Bonchev–Trinajstić information content (AvgIpc) is 2.45. The van der Waals surface area contributed by atoms with Crippen molar-refractivity contribution in [3.05, 3.63) is 24.3 Å². The summed E-state index contributed by atoms with van der Waals surface area (Å²) < 4.78 is 10.6. The quantitative estimate of drug-likeness (QED) is 0.804. The number of rotatable bonds is 7. The van der Waals surface area contributed by atoms with E-state index in [-0.39, 0.29) is 12.3 Å². The molecule has 2 rings (SSSR count). The zero-order valence-electron chi connectivity index (χ0n) is 12.8. The highest BCUT2D eigenvalue weighted by molar-refractivity contribution is 5.82. The summed E-state index contributed by atoms with van der Waals surface area (Å²) in [6.07, 6.45) is 1.58. The average molecular weight is 307 g/mol. The molecule has 1 fully saturated rings. The van der Waals surface area contributed by atoms with E-state index >= 15 is 0 Å². The first-order valence-corrected chi connectivity index (χ1v) is 7.29. The van der Waals surface area contributed by atoms with Crippen LogP contribution in [-0.2, 0) is 9.59 Å². The van der Waals surface area contributed by atoms with E-state index in [1.807, 2.05) is 0 Å². The highest BCUT2D eigenvalue weighted by atomic mass is 16.5. The molecule has 1 aromatic rings. The lowest BCUT2D eigenvalue weighted by atomic mass is 9.74. The maximum absolute atomic E-state index is 12.2. The Bertz CT molecular complexity index is 536. The molecule has 0 bridgehead atoms. The number of benzene rings is 1. The van der Waals surface area contributed by atoms with E-state index < -0.39 is 17.6 Å². The zero-order chi connectivity index (χ0) is 16.2. The summed E-state index contributed by atoms with van der Waals surface area (Å²) >= 11 is 0. The van der Waals surface area contributed by atoms with Crippen LogP contribution in [0.5, 0.6) is 11.5 Å². The van der Waals surface area contributed by atoms with Crippen molar-refractivity contribution in [2.24, 2.45) is 0 Å². The molecule has 0 radical (unpaired) electrons. The number of carbonyl (C=O) groups excluding carboxylic acids is 1. The number of nitrogens with one attached hydrogen (secondary N) is 1. The maximum atomic E-state index is 12.2. The third kappa shape index (κ3) is 3.90. The summed E-state index contributed by atoms with van der Waals surface area (Å²) in [6, 6.07) is 6.94. The number of methoxy groups -OCH3 is 1. The summed E-state index contributed by atoms with van der Waals surface area (Å²) in [7, 11) is 1.58. The fourth-order valence-electron chi connectivity index (χ4n) is 2.51. The van der Waals surface area contributed by atoms with Gasteiger partial charge in [0.05, 0.1) is 19.1 Å². The van der Waals surface area contributed by atoms with Crippen LogP contribution in [0.15, 0.2) is 24.3 Å². The molecule has 1 saturated carbocycles. The summed E-state index contributed by atoms with van der Waals surface area (Å²) in [4.78, 5) is 23.1. The second-order valence-electron chi connectivity index (χ2n) is 5.63. The third-order valence-electron chi connectivity index (χ3n) is 3.93. The number of aliphatic carboxylic acids is 1. The van der Waals surface area contributed by atoms with Crippen molar-refractivity contribution in [3.8, 4) is 11.5 Å². The molecule has 0 saturated heterocycles. The van der Waals surface area contributed by atoms with E-state index in [0.29, 0.717) is 24.3 Å². The molecule has 6 heteroatoms. The lowest BCUT2D eigenvalue weighted by molar-refractivity contribution is -0.141. The van der Waals surface area contributed by atoms with E-state index in [9.17, 15) is 9.59 Å². The van der Waals surface area contributed by atoms with Gasteiger partial charge in [-0.2, -0.15) is 0 Å². The van der Waals surface area contributed by atoms with Crippen molar-refractivity contribution >= 4 is 11.9 Å². The molecule has 0 aromatic heterocycles. The van der Waals surface area contributed by atoms with Crippen LogP contribution in [0.1, 0.15) is 32.6 Å². The SMILES string of the molecule is COc1ccc(OC(C)C(=O)NC2(CC(=O)O)CCC2)cc1. The molecule has 1 aromatic carbocycles. The van der Waals surface area contributed by atoms with E-state index in [1.54, 1.807) is 38.3 Å². The first kappa shape index (κ1) is 16.1. The number of hydrogen-bond donors (Lipinski definition) is 2. The molecule has 0 spiro atoms. The van der Waals surface area contributed by atoms with Gasteiger partial charge < -0.3 is 19.9 Å². The Labute approximate surface area is 129 Å². The van der Waals surface area contributed by atoms with Crippen LogP contribution in [0, 0.1) is 0 Å². The summed E-state index contributed by atoms with van der Waals surface area (Å²) in [6.45, 7) is 1.65. The van der Waals surface area contributed by atoms with E-state index in [4.69, 9.17) is 14.6 Å². The number of hydrogen-bond acceptors (Lipinski definition) is 4. The first-order chi connectivity index (χ1) is 10.4. The molecule has 1 aliphatic rings. The summed E-state index contributed by atoms with van der Waals surface area (Å²) in [5, 5.41) is 11.8. The Morgan fingerprint density at radius 3 is 2.32 bits per heavy atom. The summed E-state index contributed by atoms with van der Waals surface area (Å²) in [5.74, 6) is 0.0733. The molecule has 1 atom stereocenters. The summed E-state index contributed by atoms with van der Waals surface area (Å²) in [5.41, 5.74) is -0.611. The Hall–Kier alpha value is -2.24. The topological polar surface area (TPSA) is 84.9 Å². The first-order valence-electron chi connectivity index (χ1n) is 7.29. The van der Waals surface area contributed by atoms with Gasteiger partial charge in [0.15, 0.2) is 6.10 Å². The van der Waals surface area contributed by atoms with E-state index in [1.165, 1.54) is 0 Å². The van der Waals surface area contributed by atoms with Crippen molar-refractivity contribution in [3.63, 3.8) is 0 Å². The van der Waals surface area contributed by atoms with Crippen molar-refractivity contribution in [1.82, 2.24) is 5.32 Å². The molecular weight excluding hydrogens is 286 g/mol. The molecule has 2 N–H and O–H groups in total. The van der Waals surface area contributed by atoms with Crippen LogP contribution >= 0.6 is 0 Å². The normalized spacial score (nSPS) is 17.0. The second-order valence-corrected chi connectivity index (χ2v) is 5.63. The van der Waals surface area contributed by atoms with Gasteiger partial charge in [-0.3, -0.25) is 9.59 Å². The fraction of sp³-hybridized carbons (Fsp3) is 0.500. The number of amides is 1. The predicted octanol–water partition coefficient (Wildman–Crippen LogP) is 1.98. The molecule has 1 unspecified atom stereocenters. The van der Waals surface area contributed by atoms with Gasteiger partial charge >= 0.3 is 5.97 Å². The van der Waals surface area contributed by atoms with Gasteiger partial charge in [-0.15, -0.1) is 0 Å². The van der Waals surface area contributed by atoms with Crippen LogP contribution in [0.4, 0.5) is 0 Å². The standard InChI is InChI=1S/C16H21NO5/c1-11(22-13-6-4-12(21-2)5-7-13)15(20)17-16(8-3-9-16)10-14(18)19/h4-7,11H,3,8-10H2,1-2H3,(H,17,20)(H,18,19). The van der Waals surface area contributed by atoms with Gasteiger partial charge in [-0.1, -0.05) is 0 Å². The van der Waals surface area contributed by atoms with Crippen molar-refractivity contribution in [1.29, 1.82) is 0 Å². The van der Waals surface area contributed by atoms with Crippen LogP contribution in [0.3, 0.4) is 0 Å². The number of carboxylic acid groups (broad SMARTS) is 1. The van der Waals surface area contributed by atoms with Crippen LogP contribution < -0.4 is 14.8 Å². The Balaban J connectivity index is 1.92. The van der Waals surface area contributed by atoms with Crippen molar-refractivity contribution in [2.75, 3.05) is 7.11 Å². The van der Waals surface area contributed by atoms with Gasteiger partial charge in [-0.05, 0) is 50.5 Å². The lowest BCUT2D eigenvalue weighted by Gasteiger charge is -2.42. The monoisotopic (exact) mass is 307 g/mol. The minimum Gasteiger partial charge on any atom is -0.497 e. The maximum Gasteiger partial charge on any atom is 0.305 e. The van der Waals surface area contributed by atoms with E-state index in [2.05, 4.69) is 5.32 Å². The van der Waals surface area contributed by atoms with Gasteiger partial charge in [0.1, 0.15) is 11.5 Å². The number of ether oxygens (including phenoxy) is 2. The Kier molecular flexibility index (Phi) is 4.90.